The van der Waals surface area contributed by atoms with Crippen molar-refractivity contribution in [2.75, 3.05) is 11.4 Å². The predicted octanol–water partition coefficient (Wildman–Crippen LogP) is 5.60. The number of carbonyl (C=O) groups is 1. The molecule has 24 heavy (non-hydrogen) atoms. The van der Waals surface area contributed by atoms with Crippen LogP contribution in [0, 0.1) is 19.8 Å². The van der Waals surface area contributed by atoms with Crippen molar-refractivity contribution < 1.29 is 4.79 Å². The van der Waals surface area contributed by atoms with Gasteiger partial charge >= 0.3 is 0 Å². The molecule has 0 N–H and O–H groups in total. The van der Waals surface area contributed by atoms with E-state index in [1.807, 2.05) is 0 Å². The normalized spacial score (nSPS) is 18.1. The number of piperidine rings is 1. The van der Waals surface area contributed by atoms with Gasteiger partial charge in [0.05, 0.1) is 15.7 Å². The number of carbonyl (C=O) groups excluding carboxylic acids is 1. The first kappa shape index (κ1) is 17.3. The Hall–Kier alpha value is -1.51. The molecular formula is C20H21Cl2NO. The molecule has 0 spiro atoms. The topological polar surface area (TPSA) is 20.3 Å². The minimum absolute atomic E-state index is 0.0990. The zero-order valence-corrected chi connectivity index (χ0v) is 15.5. The molecular weight excluding hydrogens is 341 g/mol. The molecule has 1 heterocycles. The van der Waals surface area contributed by atoms with Crippen molar-refractivity contribution >= 4 is 34.8 Å². The highest BCUT2D eigenvalue weighted by Crippen LogP contribution is 2.37. The molecule has 2 nitrogen and oxygen atoms in total. The van der Waals surface area contributed by atoms with Gasteiger partial charge < -0.3 is 4.90 Å². The fraction of sp³-hybridized carbons (Fsp3) is 0.350. The molecule has 4 heteroatoms. The van der Waals surface area contributed by atoms with Gasteiger partial charge in [0.25, 0.3) is 0 Å². The van der Waals surface area contributed by atoms with Crippen molar-refractivity contribution in [3.05, 3.63) is 63.1 Å². The number of aryl methyl sites for hydroxylation is 2. The Labute approximate surface area is 153 Å². The van der Waals surface area contributed by atoms with E-state index in [2.05, 4.69) is 32.0 Å². The van der Waals surface area contributed by atoms with Gasteiger partial charge in [-0.15, -0.1) is 0 Å². The fourth-order valence-electron chi connectivity index (χ4n) is 3.43. The first-order valence-corrected chi connectivity index (χ1v) is 9.02. The Balaban J connectivity index is 1.82. The molecule has 2 aromatic carbocycles. The van der Waals surface area contributed by atoms with Crippen LogP contribution in [0.4, 0.5) is 5.69 Å². The highest BCUT2D eigenvalue weighted by molar-refractivity contribution is 6.39. The van der Waals surface area contributed by atoms with E-state index in [0.29, 0.717) is 34.6 Å². The van der Waals surface area contributed by atoms with Crippen LogP contribution in [0.2, 0.25) is 10.0 Å². The molecule has 0 aromatic heterocycles. The van der Waals surface area contributed by atoms with Crippen LogP contribution >= 0.6 is 23.2 Å². The summed E-state index contributed by atoms with van der Waals surface area (Å²) in [5, 5.41) is 1.06. The summed E-state index contributed by atoms with van der Waals surface area (Å²) in [7, 11) is 0. The predicted molar refractivity (Wildman–Crippen MR) is 101 cm³/mol. The van der Waals surface area contributed by atoms with Gasteiger partial charge in [0.1, 0.15) is 0 Å². The molecule has 0 aliphatic carbocycles. The lowest BCUT2D eigenvalue weighted by molar-refractivity contribution is -0.120. The molecule has 1 atom stereocenters. The van der Waals surface area contributed by atoms with Gasteiger partial charge in [0.2, 0.25) is 5.91 Å². The summed E-state index contributed by atoms with van der Waals surface area (Å²) in [5.74, 6) is 0.512. The Bertz CT molecular complexity index is 752. The number of hydrogen-bond acceptors (Lipinski definition) is 1. The van der Waals surface area contributed by atoms with Gasteiger partial charge in [0, 0.05) is 13.0 Å². The molecule has 0 radical (unpaired) electrons. The lowest BCUT2D eigenvalue weighted by atomic mass is 9.88. The van der Waals surface area contributed by atoms with E-state index in [4.69, 9.17) is 23.2 Å². The van der Waals surface area contributed by atoms with Crippen LogP contribution in [0.3, 0.4) is 0 Å². The minimum atomic E-state index is 0.0990. The third-order valence-electron chi connectivity index (χ3n) is 4.72. The van der Waals surface area contributed by atoms with Crippen LogP contribution in [0.25, 0.3) is 0 Å². The number of nitrogens with zero attached hydrogens (tertiary/aromatic N) is 1. The van der Waals surface area contributed by atoms with Crippen molar-refractivity contribution in [2.45, 2.75) is 33.1 Å². The number of para-hydroxylation sites is 1. The third kappa shape index (κ3) is 3.60. The van der Waals surface area contributed by atoms with Crippen molar-refractivity contribution in [1.82, 2.24) is 0 Å². The summed E-state index contributed by atoms with van der Waals surface area (Å²) in [5.41, 5.74) is 4.59. The number of amides is 1. The third-order valence-corrected chi connectivity index (χ3v) is 5.33. The van der Waals surface area contributed by atoms with E-state index in [-0.39, 0.29) is 5.91 Å². The second-order valence-electron chi connectivity index (χ2n) is 6.61. The lowest BCUT2D eigenvalue weighted by Crippen LogP contribution is -2.41. The average Bonchev–Trinajstić information content (AvgIpc) is 2.53. The number of halogens is 2. The van der Waals surface area contributed by atoms with Crippen LogP contribution in [0.15, 0.2) is 36.4 Å². The van der Waals surface area contributed by atoms with E-state index >= 15 is 0 Å². The van der Waals surface area contributed by atoms with Crippen molar-refractivity contribution in [2.24, 2.45) is 5.92 Å². The summed E-state index contributed by atoms with van der Waals surface area (Å²) in [6, 6.07) is 11.9. The smallest absolute Gasteiger partial charge is 0.227 e. The molecule has 2 aromatic rings. The number of hydrogen-bond donors (Lipinski definition) is 0. The van der Waals surface area contributed by atoms with Gasteiger partial charge in [0.15, 0.2) is 0 Å². The lowest BCUT2D eigenvalue weighted by Gasteiger charge is -2.34. The molecule has 1 aliphatic rings. The molecule has 1 fully saturated rings. The molecule has 0 saturated carbocycles. The van der Waals surface area contributed by atoms with Crippen molar-refractivity contribution in [3.8, 4) is 0 Å². The maximum atomic E-state index is 12.4. The van der Waals surface area contributed by atoms with E-state index in [1.165, 1.54) is 16.7 Å². The van der Waals surface area contributed by atoms with Crippen molar-refractivity contribution in [3.63, 3.8) is 0 Å². The molecule has 0 bridgehead atoms. The zero-order valence-electron chi connectivity index (χ0n) is 14.0. The number of anilines is 1. The zero-order chi connectivity index (χ0) is 17.3. The Morgan fingerprint density at radius 1 is 1.12 bits per heavy atom. The maximum Gasteiger partial charge on any atom is 0.227 e. The van der Waals surface area contributed by atoms with Gasteiger partial charge in [-0.05, 0) is 55.9 Å². The number of benzene rings is 2. The Morgan fingerprint density at radius 3 is 2.50 bits per heavy atom. The van der Waals surface area contributed by atoms with Crippen molar-refractivity contribution in [1.29, 1.82) is 0 Å². The monoisotopic (exact) mass is 361 g/mol. The van der Waals surface area contributed by atoms with Gasteiger partial charge in [-0.25, -0.2) is 0 Å². The number of rotatable bonds is 3. The van der Waals surface area contributed by atoms with Gasteiger partial charge in [-0.1, -0.05) is 53.0 Å². The van der Waals surface area contributed by atoms with Crippen LogP contribution in [-0.2, 0) is 11.2 Å². The summed E-state index contributed by atoms with van der Waals surface area (Å²) in [6.45, 7) is 4.92. The van der Waals surface area contributed by atoms with E-state index < -0.39 is 0 Å². The fourth-order valence-corrected chi connectivity index (χ4v) is 4.03. The molecule has 1 saturated heterocycles. The Morgan fingerprint density at radius 2 is 1.83 bits per heavy atom. The maximum absolute atomic E-state index is 12.4. The summed E-state index contributed by atoms with van der Waals surface area (Å²) < 4.78 is 0. The van der Waals surface area contributed by atoms with Gasteiger partial charge in [-0.3, -0.25) is 4.79 Å². The largest absolute Gasteiger partial charge is 0.309 e. The summed E-state index contributed by atoms with van der Waals surface area (Å²) >= 11 is 12.6. The van der Waals surface area contributed by atoms with Crippen LogP contribution in [0.1, 0.15) is 29.5 Å². The van der Waals surface area contributed by atoms with Crippen LogP contribution in [0.5, 0.6) is 0 Å². The van der Waals surface area contributed by atoms with Crippen LogP contribution in [-0.4, -0.2) is 12.5 Å². The van der Waals surface area contributed by atoms with E-state index in [1.54, 1.807) is 23.1 Å². The van der Waals surface area contributed by atoms with E-state index in [0.717, 1.165) is 12.8 Å². The first-order valence-electron chi connectivity index (χ1n) is 8.26. The second kappa shape index (κ2) is 7.16. The highest BCUT2D eigenvalue weighted by atomic mass is 35.5. The SMILES string of the molecule is Cc1ccc(CC2CCC(=O)N(c3c(Cl)cccc3Cl)C2)c(C)c1. The van der Waals surface area contributed by atoms with Gasteiger partial charge in [-0.2, -0.15) is 0 Å². The standard InChI is InChI=1S/C20H21Cl2NO/c1-13-6-8-16(14(2)10-13)11-15-7-9-19(24)23(12-15)20-17(21)4-3-5-18(20)22/h3-6,8,10,15H,7,9,11-12H2,1-2H3. The van der Waals surface area contributed by atoms with Crippen LogP contribution < -0.4 is 4.90 Å². The molecule has 1 amide bonds. The molecule has 3 rings (SSSR count). The minimum Gasteiger partial charge on any atom is -0.309 e. The highest BCUT2D eigenvalue weighted by Gasteiger charge is 2.29. The summed E-state index contributed by atoms with van der Waals surface area (Å²) in [4.78, 5) is 14.2. The molecule has 1 unspecified atom stereocenters. The summed E-state index contributed by atoms with van der Waals surface area (Å²) in [6.07, 6.45) is 2.42. The molecule has 1 aliphatic heterocycles. The Kier molecular flexibility index (Phi) is 5.17. The average molecular weight is 362 g/mol. The quantitative estimate of drug-likeness (QED) is 0.696. The first-order chi connectivity index (χ1) is 11.5. The molecule has 126 valence electrons. The van der Waals surface area contributed by atoms with E-state index in [9.17, 15) is 4.79 Å². The second-order valence-corrected chi connectivity index (χ2v) is 7.43.